The lowest BCUT2D eigenvalue weighted by atomic mass is 10.1. The van der Waals surface area contributed by atoms with Crippen LogP contribution >= 0.6 is 0 Å². The molecule has 0 bridgehead atoms. The van der Waals surface area contributed by atoms with Crippen molar-refractivity contribution in [2.45, 2.75) is 31.5 Å². The van der Waals surface area contributed by atoms with Crippen molar-refractivity contribution in [2.24, 2.45) is 0 Å². The van der Waals surface area contributed by atoms with E-state index >= 15 is 0 Å². The van der Waals surface area contributed by atoms with Crippen molar-refractivity contribution >= 4 is 0 Å². The number of nitrogens with one attached hydrogen (secondary N) is 1. The van der Waals surface area contributed by atoms with Crippen LogP contribution in [0.1, 0.15) is 13.3 Å². The third-order valence-corrected chi connectivity index (χ3v) is 2.72. The maximum Gasteiger partial charge on any atom is 0.0682 e. The SMILES string of the molecule is C[C@H]1CN2C[C@H](O)CC2CN1. The van der Waals surface area contributed by atoms with Crippen LogP contribution in [0.5, 0.6) is 0 Å². The molecule has 0 aliphatic carbocycles. The van der Waals surface area contributed by atoms with Gasteiger partial charge >= 0.3 is 0 Å². The van der Waals surface area contributed by atoms with Gasteiger partial charge in [-0.05, 0) is 13.3 Å². The van der Waals surface area contributed by atoms with E-state index in [1.54, 1.807) is 0 Å². The van der Waals surface area contributed by atoms with Gasteiger partial charge in [0.2, 0.25) is 0 Å². The van der Waals surface area contributed by atoms with Crippen molar-refractivity contribution in [2.75, 3.05) is 19.6 Å². The summed E-state index contributed by atoms with van der Waals surface area (Å²) in [6.07, 6.45) is 0.881. The summed E-state index contributed by atoms with van der Waals surface area (Å²) >= 11 is 0. The van der Waals surface area contributed by atoms with E-state index in [4.69, 9.17) is 0 Å². The molecule has 11 heavy (non-hydrogen) atoms. The molecule has 2 aliphatic rings. The monoisotopic (exact) mass is 156 g/mol. The van der Waals surface area contributed by atoms with Crippen LogP contribution in [0.2, 0.25) is 0 Å². The summed E-state index contributed by atoms with van der Waals surface area (Å²) in [4.78, 5) is 2.39. The van der Waals surface area contributed by atoms with Crippen LogP contribution < -0.4 is 5.32 Å². The molecular formula is C8H16N2O. The van der Waals surface area contributed by atoms with E-state index in [-0.39, 0.29) is 6.10 Å². The van der Waals surface area contributed by atoms with Crippen LogP contribution in [0, 0.1) is 0 Å². The van der Waals surface area contributed by atoms with Gasteiger partial charge in [0.05, 0.1) is 6.10 Å². The molecular weight excluding hydrogens is 140 g/mol. The predicted molar refractivity (Wildman–Crippen MR) is 43.4 cm³/mol. The first-order chi connectivity index (χ1) is 5.25. The summed E-state index contributed by atoms with van der Waals surface area (Å²) in [6, 6.07) is 1.19. The van der Waals surface area contributed by atoms with Crippen LogP contribution in [-0.2, 0) is 0 Å². The van der Waals surface area contributed by atoms with Gasteiger partial charge in [-0.1, -0.05) is 0 Å². The number of rotatable bonds is 0. The molecule has 2 heterocycles. The average Bonchev–Trinajstić information content (AvgIpc) is 2.27. The van der Waals surface area contributed by atoms with E-state index in [1.165, 1.54) is 0 Å². The average molecular weight is 156 g/mol. The van der Waals surface area contributed by atoms with Gasteiger partial charge in [0.25, 0.3) is 0 Å². The second-order valence-corrected chi connectivity index (χ2v) is 3.81. The highest BCUT2D eigenvalue weighted by Crippen LogP contribution is 2.19. The van der Waals surface area contributed by atoms with Gasteiger partial charge in [-0.3, -0.25) is 4.90 Å². The van der Waals surface area contributed by atoms with E-state index in [1.807, 2.05) is 0 Å². The summed E-state index contributed by atoms with van der Waals surface area (Å²) in [5.74, 6) is 0. The second kappa shape index (κ2) is 2.73. The number of hydrogen-bond acceptors (Lipinski definition) is 3. The van der Waals surface area contributed by atoms with Gasteiger partial charge in [-0.2, -0.15) is 0 Å². The Kier molecular flexibility index (Phi) is 1.87. The Labute approximate surface area is 67.4 Å². The molecule has 2 aliphatic heterocycles. The molecule has 3 nitrogen and oxygen atoms in total. The summed E-state index contributed by atoms with van der Waals surface area (Å²) < 4.78 is 0. The Bertz CT molecular complexity index is 151. The van der Waals surface area contributed by atoms with Gasteiger partial charge in [0.1, 0.15) is 0 Å². The quantitative estimate of drug-likeness (QED) is 0.492. The molecule has 2 saturated heterocycles. The molecule has 3 atom stereocenters. The lowest BCUT2D eigenvalue weighted by molar-refractivity contribution is 0.157. The molecule has 0 aromatic rings. The topological polar surface area (TPSA) is 35.5 Å². The predicted octanol–water partition coefficient (Wildman–Crippen LogP) is -0.587. The molecule has 1 unspecified atom stereocenters. The number of hydrogen-bond donors (Lipinski definition) is 2. The highest BCUT2D eigenvalue weighted by Gasteiger charge is 2.34. The number of aliphatic hydroxyl groups is 1. The second-order valence-electron chi connectivity index (χ2n) is 3.81. The molecule has 0 radical (unpaired) electrons. The largest absolute Gasteiger partial charge is 0.392 e. The van der Waals surface area contributed by atoms with Crippen LogP contribution in [0.15, 0.2) is 0 Å². The van der Waals surface area contributed by atoms with Crippen molar-refractivity contribution in [3.05, 3.63) is 0 Å². The fourth-order valence-corrected chi connectivity index (χ4v) is 2.15. The minimum Gasteiger partial charge on any atom is -0.392 e. The molecule has 2 rings (SSSR count). The normalized spacial score (nSPS) is 45.8. The lowest BCUT2D eigenvalue weighted by Gasteiger charge is -2.33. The van der Waals surface area contributed by atoms with E-state index in [0.717, 1.165) is 26.1 Å². The molecule has 0 amide bonds. The molecule has 0 spiro atoms. The van der Waals surface area contributed by atoms with Gasteiger partial charge in [0.15, 0.2) is 0 Å². The summed E-state index contributed by atoms with van der Waals surface area (Å²) in [7, 11) is 0. The fourth-order valence-electron chi connectivity index (χ4n) is 2.15. The maximum absolute atomic E-state index is 9.38. The molecule has 2 N–H and O–H groups in total. The summed E-state index contributed by atoms with van der Waals surface area (Å²) in [5.41, 5.74) is 0. The number of fused-ring (bicyclic) bond motifs is 1. The molecule has 64 valence electrons. The lowest BCUT2D eigenvalue weighted by Crippen LogP contribution is -2.52. The smallest absolute Gasteiger partial charge is 0.0682 e. The van der Waals surface area contributed by atoms with E-state index in [2.05, 4.69) is 17.1 Å². The zero-order chi connectivity index (χ0) is 7.84. The molecule has 3 heteroatoms. The van der Waals surface area contributed by atoms with Gasteiger partial charge < -0.3 is 10.4 Å². The van der Waals surface area contributed by atoms with Crippen LogP contribution in [0.4, 0.5) is 0 Å². The van der Waals surface area contributed by atoms with E-state index in [0.29, 0.717) is 12.1 Å². The highest BCUT2D eigenvalue weighted by atomic mass is 16.3. The Hall–Kier alpha value is -0.120. The summed E-state index contributed by atoms with van der Waals surface area (Å²) in [5, 5.41) is 12.8. The first-order valence-electron chi connectivity index (χ1n) is 4.41. The Morgan fingerprint density at radius 3 is 3.09 bits per heavy atom. The first kappa shape index (κ1) is 7.53. The highest BCUT2D eigenvalue weighted by molar-refractivity contribution is 4.92. The first-order valence-corrected chi connectivity index (χ1v) is 4.41. The Balaban J connectivity index is 1.97. The molecule has 0 aromatic carbocycles. The Morgan fingerprint density at radius 2 is 2.27 bits per heavy atom. The zero-order valence-electron chi connectivity index (χ0n) is 6.95. The molecule has 0 saturated carbocycles. The van der Waals surface area contributed by atoms with E-state index in [9.17, 15) is 5.11 Å². The number of aliphatic hydroxyl groups excluding tert-OH is 1. The molecule has 0 aromatic heterocycles. The third-order valence-electron chi connectivity index (χ3n) is 2.72. The van der Waals surface area contributed by atoms with Gasteiger partial charge in [-0.25, -0.2) is 0 Å². The third kappa shape index (κ3) is 1.41. The van der Waals surface area contributed by atoms with Crippen molar-refractivity contribution in [3.63, 3.8) is 0 Å². The fraction of sp³-hybridized carbons (Fsp3) is 1.00. The van der Waals surface area contributed by atoms with Crippen LogP contribution in [0.25, 0.3) is 0 Å². The molecule has 2 fully saturated rings. The van der Waals surface area contributed by atoms with Crippen molar-refractivity contribution in [3.8, 4) is 0 Å². The minimum atomic E-state index is -0.0768. The minimum absolute atomic E-state index is 0.0768. The van der Waals surface area contributed by atoms with Gasteiger partial charge in [0, 0.05) is 31.7 Å². The zero-order valence-corrected chi connectivity index (χ0v) is 6.95. The van der Waals surface area contributed by atoms with Crippen molar-refractivity contribution < 1.29 is 5.11 Å². The van der Waals surface area contributed by atoms with Crippen molar-refractivity contribution in [1.82, 2.24) is 10.2 Å². The standard InChI is InChI=1S/C8H16N2O/c1-6-4-10-5-8(11)2-7(10)3-9-6/h6-9,11H,2-5H2,1H3/t6-,7?,8+/m0/s1. The number of nitrogens with zero attached hydrogens (tertiary/aromatic N) is 1. The van der Waals surface area contributed by atoms with Gasteiger partial charge in [-0.15, -0.1) is 0 Å². The maximum atomic E-state index is 9.38. The van der Waals surface area contributed by atoms with Crippen molar-refractivity contribution in [1.29, 1.82) is 0 Å². The van der Waals surface area contributed by atoms with E-state index < -0.39 is 0 Å². The number of piperazine rings is 1. The van der Waals surface area contributed by atoms with Crippen LogP contribution in [0.3, 0.4) is 0 Å². The Morgan fingerprint density at radius 1 is 1.45 bits per heavy atom. The van der Waals surface area contributed by atoms with Crippen LogP contribution in [-0.4, -0.2) is 47.8 Å². The summed E-state index contributed by atoms with van der Waals surface area (Å²) in [6.45, 7) is 5.23.